The highest BCUT2D eigenvalue weighted by atomic mass is 35.5. The van der Waals surface area contributed by atoms with Gasteiger partial charge in [0.1, 0.15) is 0 Å². The standard InChI is InChI=1S/C19H15ClN4/c20-17-9-7-15(8-10-17)19-16(13-23-12-4-11-21-23)14-24(22-19)18-5-2-1-3-6-18/h1-12,14H,13H2. The first kappa shape index (κ1) is 14.7. The van der Waals surface area contributed by atoms with Crippen molar-refractivity contribution < 1.29 is 0 Å². The molecule has 0 aliphatic heterocycles. The van der Waals surface area contributed by atoms with Crippen LogP contribution in [0.25, 0.3) is 16.9 Å². The zero-order valence-corrected chi connectivity index (χ0v) is 13.6. The van der Waals surface area contributed by atoms with E-state index in [-0.39, 0.29) is 0 Å². The van der Waals surface area contributed by atoms with Crippen molar-refractivity contribution in [1.82, 2.24) is 19.6 Å². The first-order valence-corrected chi connectivity index (χ1v) is 8.05. The fraction of sp³-hybridized carbons (Fsp3) is 0.0526. The molecule has 4 rings (SSSR count). The van der Waals surface area contributed by atoms with E-state index in [1.165, 1.54) is 0 Å². The van der Waals surface area contributed by atoms with Crippen LogP contribution in [0.5, 0.6) is 0 Å². The van der Waals surface area contributed by atoms with Crippen LogP contribution in [-0.2, 0) is 6.54 Å². The maximum atomic E-state index is 6.02. The topological polar surface area (TPSA) is 35.6 Å². The zero-order chi connectivity index (χ0) is 16.4. The molecule has 118 valence electrons. The van der Waals surface area contributed by atoms with Crippen LogP contribution in [0.15, 0.2) is 79.3 Å². The average Bonchev–Trinajstić information content (AvgIpc) is 3.27. The molecule has 2 heterocycles. The van der Waals surface area contributed by atoms with Gasteiger partial charge in [0, 0.05) is 34.7 Å². The van der Waals surface area contributed by atoms with Crippen molar-refractivity contribution in [3.8, 4) is 16.9 Å². The molecule has 0 aliphatic carbocycles. The van der Waals surface area contributed by atoms with Gasteiger partial charge in [-0.15, -0.1) is 0 Å². The Kier molecular flexibility index (Phi) is 3.89. The predicted octanol–water partition coefficient (Wildman–Crippen LogP) is 4.44. The molecule has 24 heavy (non-hydrogen) atoms. The van der Waals surface area contributed by atoms with Gasteiger partial charge < -0.3 is 0 Å². The van der Waals surface area contributed by atoms with E-state index < -0.39 is 0 Å². The van der Waals surface area contributed by atoms with E-state index in [1.54, 1.807) is 6.20 Å². The van der Waals surface area contributed by atoms with E-state index in [9.17, 15) is 0 Å². The SMILES string of the molecule is Clc1ccc(-c2nn(-c3ccccc3)cc2Cn2cccn2)cc1. The Balaban J connectivity index is 1.80. The van der Waals surface area contributed by atoms with Crippen LogP contribution >= 0.6 is 11.6 Å². The molecule has 4 nitrogen and oxygen atoms in total. The van der Waals surface area contributed by atoms with Gasteiger partial charge in [-0.25, -0.2) is 4.68 Å². The van der Waals surface area contributed by atoms with E-state index >= 15 is 0 Å². The summed E-state index contributed by atoms with van der Waals surface area (Å²) >= 11 is 6.02. The van der Waals surface area contributed by atoms with Gasteiger partial charge in [-0.1, -0.05) is 41.9 Å². The van der Waals surface area contributed by atoms with Crippen molar-refractivity contribution in [2.24, 2.45) is 0 Å². The molecule has 0 amide bonds. The lowest BCUT2D eigenvalue weighted by molar-refractivity contribution is 0.687. The molecule has 0 fully saturated rings. The second kappa shape index (κ2) is 6.34. The zero-order valence-electron chi connectivity index (χ0n) is 12.9. The third kappa shape index (κ3) is 2.96. The Hall–Kier alpha value is -2.85. The van der Waals surface area contributed by atoms with Gasteiger partial charge in [0.25, 0.3) is 0 Å². The first-order valence-electron chi connectivity index (χ1n) is 7.67. The molecule has 0 unspecified atom stereocenters. The number of para-hydroxylation sites is 1. The maximum absolute atomic E-state index is 6.02. The molecule has 4 aromatic rings. The van der Waals surface area contributed by atoms with Crippen molar-refractivity contribution in [1.29, 1.82) is 0 Å². The Bertz CT molecular complexity index is 925. The number of nitrogens with zero attached hydrogens (tertiary/aromatic N) is 4. The third-order valence-corrected chi connectivity index (χ3v) is 4.07. The normalized spacial score (nSPS) is 10.9. The minimum absolute atomic E-state index is 0.664. The van der Waals surface area contributed by atoms with Gasteiger partial charge in [-0.05, 0) is 30.3 Å². The molecule has 5 heteroatoms. The number of aromatic nitrogens is 4. The minimum atomic E-state index is 0.664. The lowest BCUT2D eigenvalue weighted by atomic mass is 10.1. The molecule has 0 aliphatic rings. The first-order chi connectivity index (χ1) is 11.8. The van der Waals surface area contributed by atoms with Crippen LogP contribution in [0, 0.1) is 0 Å². The van der Waals surface area contributed by atoms with Crippen LogP contribution in [0.4, 0.5) is 0 Å². The second-order valence-electron chi connectivity index (χ2n) is 5.49. The molecule has 0 saturated carbocycles. The molecule has 2 aromatic heterocycles. The van der Waals surface area contributed by atoms with E-state index in [0.29, 0.717) is 6.54 Å². The molecular formula is C19H15ClN4. The second-order valence-corrected chi connectivity index (χ2v) is 5.93. The van der Waals surface area contributed by atoms with E-state index in [4.69, 9.17) is 16.7 Å². The van der Waals surface area contributed by atoms with Crippen molar-refractivity contribution in [3.05, 3.63) is 89.8 Å². The van der Waals surface area contributed by atoms with Gasteiger partial charge in [0.2, 0.25) is 0 Å². The smallest absolute Gasteiger partial charge is 0.0978 e. The maximum Gasteiger partial charge on any atom is 0.0978 e. The molecule has 0 bridgehead atoms. The summed E-state index contributed by atoms with van der Waals surface area (Å²) in [4.78, 5) is 0. The lowest BCUT2D eigenvalue weighted by Crippen LogP contribution is -2.00. The Morgan fingerprint density at radius 2 is 1.71 bits per heavy atom. The van der Waals surface area contributed by atoms with E-state index in [0.717, 1.165) is 27.5 Å². The molecule has 2 aromatic carbocycles. The largest absolute Gasteiger partial charge is 0.268 e. The summed E-state index contributed by atoms with van der Waals surface area (Å²) in [5.74, 6) is 0. The van der Waals surface area contributed by atoms with Gasteiger partial charge >= 0.3 is 0 Å². The van der Waals surface area contributed by atoms with Crippen LogP contribution < -0.4 is 0 Å². The third-order valence-electron chi connectivity index (χ3n) is 3.82. The number of hydrogen-bond donors (Lipinski definition) is 0. The van der Waals surface area contributed by atoms with Crippen molar-refractivity contribution in [2.45, 2.75) is 6.54 Å². The predicted molar refractivity (Wildman–Crippen MR) is 95.3 cm³/mol. The molecule has 0 radical (unpaired) electrons. The van der Waals surface area contributed by atoms with E-state index in [1.807, 2.05) is 76.2 Å². The van der Waals surface area contributed by atoms with Gasteiger partial charge in [-0.2, -0.15) is 10.2 Å². The summed E-state index contributed by atoms with van der Waals surface area (Å²) in [6, 6.07) is 19.8. The Labute approximate surface area is 144 Å². The van der Waals surface area contributed by atoms with Crippen LogP contribution in [0.1, 0.15) is 5.56 Å². The Morgan fingerprint density at radius 1 is 0.917 bits per heavy atom. The summed E-state index contributed by atoms with van der Waals surface area (Å²) < 4.78 is 3.80. The number of halogens is 1. The minimum Gasteiger partial charge on any atom is -0.268 e. The van der Waals surface area contributed by atoms with Crippen LogP contribution in [0.3, 0.4) is 0 Å². The Morgan fingerprint density at radius 3 is 2.42 bits per heavy atom. The van der Waals surface area contributed by atoms with Crippen LogP contribution in [0.2, 0.25) is 5.02 Å². The van der Waals surface area contributed by atoms with Crippen molar-refractivity contribution >= 4 is 11.6 Å². The number of rotatable bonds is 4. The van der Waals surface area contributed by atoms with Gasteiger partial charge in [-0.3, -0.25) is 4.68 Å². The summed E-state index contributed by atoms with van der Waals surface area (Å²) in [6.07, 6.45) is 5.79. The van der Waals surface area contributed by atoms with E-state index in [2.05, 4.69) is 11.3 Å². The lowest BCUT2D eigenvalue weighted by Gasteiger charge is -2.03. The van der Waals surface area contributed by atoms with Crippen LogP contribution in [-0.4, -0.2) is 19.6 Å². The fourth-order valence-corrected chi connectivity index (χ4v) is 2.78. The molecule has 0 saturated heterocycles. The summed E-state index contributed by atoms with van der Waals surface area (Å²) in [7, 11) is 0. The van der Waals surface area contributed by atoms with Crippen molar-refractivity contribution in [3.63, 3.8) is 0 Å². The fourth-order valence-electron chi connectivity index (χ4n) is 2.66. The monoisotopic (exact) mass is 334 g/mol. The molecule has 0 spiro atoms. The number of benzene rings is 2. The summed E-state index contributed by atoms with van der Waals surface area (Å²) in [5.41, 5.74) is 4.10. The average molecular weight is 335 g/mol. The molecular weight excluding hydrogens is 320 g/mol. The molecule has 0 N–H and O–H groups in total. The number of hydrogen-bond acceptors (Lipinski definition) is 2. The highest BCUT2D eigenvalue weighted by Gasteiger charge is 2.13. The quantitative estimate of drug-likeness (QED) is 0.553. The van der Waals surface area contributed by atoms with Crippen molar-refractivity contribution in [2.75, 3.05) is 0 Å². The van der Waals surface area contributed by atoms with Gasteiger partial charge in [0.05, 0.1) is 17.9 Å². The van der Waals surface area contributed by atoms with Gasteiger partial charge in [0.15, 0.2) is 0 Å². The summed E-state index contributed by atoms with van der Waals surface area (Å²) in [6.45, 7) is 0.664. The molecule has 0 atom stereocenters. The summed E-state index contributed by atoms with van der Waals surface area (Å²) in [5, 5.41) is 9.81. The highest BCUT2D eigenvalue weighted by Crippen LogP contribution is 2.25. The highest BCUT2D eigenvalue weighted by molar-refractivity contribution is 6.30.